The average Bonchev–Trinajstić information content (AvgIpc) is 3.32. The lowest BCUT2D eigenvalue weighted by atomic mass is 9.95. The fourth-order valence-electron chi connectivity index (χ4n) is 4.18. The van der Waals surface area contributed by atoms with Crippen molar-refractivity contribution >= 4 is 15.9 Å². The summed E-state index contributed by atoms with van der Waals surface area (Å²) in [7, 11) is -3.31. The van der Waals surface area contributed by atoms with Gasteiger partial charge in [-0.05, 0) is 42.0 Å². The van der Waals surface area contributed by atoms with Gasteiger partial charge in [0, 0.05) is 36.7 Å². The number of halogens is 2. The summed E-state index contributed by atoms with van der Waals surface area (Å²) in [6.07, 6.45) is 2.37. The molecule has 0 spiro atoms. The van der Waals surface area contributed by atoms with Crippen molar-refractivity contribution < 1.29 is 22.0 Å². The van der Waals surface area contributed by atoms with Gasteiger partial charge in [0.15, 0.2) is 0 Å². The van der Waals surface area contributed by atoms with Crippen molar-refractivity contribution in [3.05, 3.63) is 59.7 Å². The minimum atomic E-state index is -3.31. The monoisotopic (exact) mass is 420 g/mol. The summed E-state index contributed by atoms with van der Waals surface area (Å²) in [6.45, 7) is 0.882. The number of amides is 1. The summed E-state index contributed by atoms with van der Waals surface area (Å²) < 4.78 is 52.9. The van der Waals surface area contributed by atoms with Crippen molar-refractivity contribution in [1.29, 1.82) is 0 Å². The predicted octanol–water partition coefficient (Wildman–Crippen LogP) is 2.89. The Morgan fingerprint density at radius 2 is 1.90 bits per heavy atom. The van der Waals surface area contributed by atoms with Crippen molar-refractivity contribution in [1.82, 2.24) is 9.62 Å². The molecule has 154 valence electrons. The summed E-state index contributed by atoms with van der Waals surface area (Å²) >= 11 is 0. The third-order valence-electron chi connectivity index (χ3n) is 5.57. The number of nitrogens with zero attached hydrogens (tertiary/aromatic N) is 1. The fourth-order valence-corrected chi connectivity index (χ4v) is 4.98. The van der Waals surface area contributed by atoms with Crippen LogP contribution in [-0.2, 0) is 14.8 Å². The maximum atomic E-state index is 14.3. The maximum Gasteiger partial charge on any atom is 0.226 e. The van der Waals surface area contributed by atoms with E-state index in [4.69, 9.17) is 0 Å². The molecular weight excluding hydrogens is 398 g/mol. The zero-order chi connectivity index (χ0) is 20.8. The Balaban J connectivity index is 1.49. The van der Waals surface area contributed by atoms with E-state index in [9.17, 15) is 22.0 Å². The van der Waals surface area contributed by atoms with Gasteiger partial charge >= 0.3 is 0 Å². The number of likely N-dealkylation sites (tertiary alicyclic amines) is 1. The quantitative estimate of drug-likeness (QED) is 0.809. The van der Waals surface area contributed by atoms with Crippen molar-refractivity contribution in [2.45, 2.75) is 24.8 Å². The Morgan fingerprint density at radius 1 is 1.14 bits per heavy atom. The molecule has 2 aromatic rings. The first-order valence-corrected chi connectivity index (χ1v) is 11.4. The molecule has 1 saturated carbocycles. The summed E-state index contributed by atoms with van der Waals surface area (Å²) in [6, 6.07) is 10.6. The Hall–Kier alpha value is -2.32. The van der Waals surface area contributed by atoms with E-state index in [1.54, 1.807) is 17.0 Å². The molecule has 2 fully saturated rings. The van der Waals surface area contributed by atoms with E-state index in [0.29, 0.717) is 37.1 Å². The van der Waals surface area contributed by atoms with Gasteiger partial charge in [0.05, 0.1) is 6.26 Å². The summed E-state index contributed by atoms with van der Waals surface area (Å²) in [5.41, 5.74) is 1.86. The molecule has 1 aliphatic heterocycles. The highest BCUT2D eigenvalue weighted by Crippen LogP contribution is 2.51. The van der Waals surface area contributed by atoms with Crippen molar-refractivity contribution in [3.63, 3.8) is 0 Å². The van der Waals surface area contributed by atoms with Crippen molar-refractivity contribution in [3.8, 4) is 11.1 Å². The molecule has 3 atom stereocenters. The molecule has 0 radical (unpaired) electrons. The second-order valence-electron chi connectivity index (χ2n) is 7.82. The number of sulfonamides is 1. The number of hydrogen-bond acceptors (Lipinski definition) is 3. The predicted molar refractivity (Wildman–Crippen MR) is 106 cm³/mol. The fraction of sp³-hybridized carbons (Fsp3) is 0.381. The summed E-state index contributed by atoms with van der Waals surface area (Å²) in [5.74, 6) is -1.48. The minimum absolute atomic E-state index is 0.00202. The zero-order valence-corrected chi connectivity index (χ0v) is 16.8. The first-order valence-electron chi connectivity index (χ1n) is 9.53. The van der Waals surface area contributed by atoms with Gasteiger partial charge in [-0.15, -0.1) is 0 Å². The Bertz CT molecular complexity index is 1060. The standard InChI is InChI=1S/C21H22F2N2O3S/c1-29(27,28)24-14-8-9-25(12-14)21(26)19-11-18(19)16-5-3-2-4-15(16)17-7-6-13(22)10-20(17)23/h2-7,10,14,18-19,24H,8-9,11-12H2,1H3. The number of hydrogen-bond donors (Lipinski definition) is 1. The lowest BCUT2D eigenvalue weighted by Gasteiger charge is -2.17. The van der Waals surface area contributed by atoms with E-state index in [0.717, 1.165) is 17.9 Å². The SMILES string of the molecule is CS(=O)(=O)NC1CCN(C(=O)C2CC2c2ccccc2-c2ccc(F)cc2F)C1. The van der Waals surface area contributed by atoms with Crippen LogP contribution in [0.3, 0.4) is 0 Å². The van der Waals surface area contributed by atoms with Crippen LogP contribution >= 0.6 is 0 Å². The lowest BCUT2D eigenvalue weighted by molar-refractivity contribution is -0.131. The molecule has 2 aromatic carbocycles. The van der Waals surface area contributed by atoms with Gasteiger partial charge in [-0.25, -0.2) is 21.9 Å². The Kier molecular flexibility index (Phi) is 5.16. The van der Waals surface area contributed by atoms with Crippen LogP contribution in [0, 0.1) is 17.6 Å². The second-order valence-corrected chi connectivity index (χ2v) is 9.60. The minimum Gasteiger partial charge on any atom is -0.341 e. The van der Waals surface area contributed by atoms with E-state index < -0.39 is 21.7 Å². The van der Waals surface area contributed by atoms with Crippen LogP contribution in [-0.4, -0.2) is 44.6 Å². The van der Waals surface area contributed by atoms with E-state index in [1.807, 2.05) is 12.1 Å². The Morgan fingerprint density at radius 3 is 2.62 bits per heavy atom. The first-order chi connectivity index (χ1) is 13.7. The molecular formula is C21H22F2N2O3S. The molecule has 1 amide bonds. The van der Waals surface area contributed by atoms with Crippen LogP contribution < -0.4 is 4.72 Å². The summed E-state index contributed by atoms with van der Waals surface area (Å²) in [4.78, 5) is 14.6. The molecule has 0 bridgehead atoms. The number of rotatable bonds is 5. The van der Waals surface area contributed by atoms with E-state index in [-0.39, 0.29) is 23.8 Å². The molecule has 8 heteroatoms. The van der Waals surface area contributed by atoms with Crippen molar-refractivity contribution in [2.75, 3.05) is 19.3 Å². The van der Waals surface area contributed by atoms with Crippen LogP contribution in [0.4, 0.5) is 8.78 Å². The molecule has 1 heterocycles. The third kappa shape index (κ3) is 4.33. The van der Waals surface area contributed by atoms with Gasteiger partial charge in [-0.1, -0.05) is 24.3 Å². The molecule has 0 aromatic heterocycles. The molecule has 4 rings (SSSR count). The van der Waals surface area contributed by atoms with Gasteiger partial charge in [0.2, 0.25) is 15.9 Å². The lowest BCUT2D eigenvalue weighted by Crippen LogP contribution is -2.38. The number of nitrogens with one attached hydrogen (secondary N) is 1. The number of carbonyl (C=O) groups is 1. The number of benzene rings is 2. The molecule has 1 saturated heterocycles. The second kappa shape index (κ2) is 7.50. The van der Waals surface area contributed by atoms with Crippen LogP contribution in [0.5, 0.6) is 0 Å². The van der Waals surface area contributed by atoms with Crippen LogP contribution in [0.1, 0.15) is 24.3 Å². The number of carbonyl (C=O) groups excluding carboxylic acids is 1. The van der Waals surface area contributed by atoms with Crippen molar-refractivity contribution in [2.24, 2.45) is 5.92 Å². The van der Waals surface area contributed by atoms with Gasteiger partial charge < -0.3 is 4.90 Å². The highest BCUT2D eigenvalue weighted by Gasteiger charge is 2.47. The molecule has 2 aliphatic rings. The molecule has 3 unspecified atom stereocenters. The highest BCUT2D eigenvalue weighted by molar-refractivity contribution is 7.88. The largest absolute Gasteiger partial charge is 0.341 e. The Labute approximate surface area is 168 Å². The van der Waals surface area contributed by atoms with Gasteiger partial charge in [-0.2, -0.15) is 0 Å². The van der Waals surface area contributed by atoms with E-state index in [2.05, 4.69) is 4.72 Å². The maximum absolute atomic E-state index is 14.3. The molecule has 29 heavy (non-hydrogen) atoms. The zero-order valence-electron chi connectivity index (χ0n) is 15.9. The van der Waals surface area contributed by atoms with E-state index in [1.165, 1.54) is 12.1 Å². The van der Waals surface area contributed by atoms with Gasteiger partial charge in [0.25, 0.3) is 0 Å². The highest BCUT2D eigenvalue weighted by atomic mass is 32.2. The van der Waals surface area contributed by atoms with E-state index >= 15 is 0 Å². The molecule has 5 nitrogen and oxygen atoms in total. The van der Waals surface area contributed by atoms with Gasteiger partial charge in [0.1, 0.15) is 11.6 Å². The van der Waals surface area contributed by atoms with Crippen LogP contribution in [0.2, 0.25) is 0 Å². The topological polar surface area (TPSA) is 66.5 Å². The average molecular weight is 420 g/mol. The molecule has 1 aliphatic carbocycles. The first kappa shape index (κ1) is 20.0. The van der Waals surface area contributed by atoms with Crippen LogP contribution in [0.25, 0.3) is 11.1 Å². The smallest absolute Gasteiger partial charge is 0.226 e. The van der Waals surface area contributed by atoms with Crippen LogP contribution in [0.15, 0.2) is 42.5 Å². The van der Waals surface area contributed by atoms with Gasteiger partial charge in [-0.3, -0.25) is 4.79 Å². The summed E-state index contributed by atoms with van der Waals surface area (Å²) in [5, 5.41) is 0. The third-order valence-corrected chi connectivity index (χ3v) is 6.33. The molecule has 1 N–H and O–H groups in total. The normalized spacial score (nSPS) is 24.0.